The standard InChI is InChI=1S/C18H17N3O3/c1-24-15-4-2-13(3-5-15)7-9-21-11-17(20-12-21)16-10-14(18(22)23)6-8-19-16/h2-6,8,10-12H,7,9H2,1H3,(H,22,23). The van der Waals surface area contributed by atoms with Gasteiger partial charge in [0, 0.05) is 18.9 Å². The fourth-order valence-corrected chi connectivity index (χ4v) is 2.37. The average Bonchev–Trinajstić information content (AvgIpc) is 3.09. The highest BCUT2D eigenvalue weighted by Gasteiger charge is 2.08. The Morgan fingerprint density at radius 1 is 1.17 bits per heavy atom. The maximum Gasteiger partial charge on any atom is 0.335 e. The van der Waals surface area contributed by atoms with E-state index in [0.29, 0.717) is 11.4 Å². The predicted octanol–water partition coefficient (Wildman–Crippen LogP) is 2.89. The smallest absolute Gasteiger partial charge is 0.335 e. The SMILES string of the molecule is COc1ccc(CCn2cnc(-c3cc(C(=O)O)ccn3)c2)cc1. The summed E-state index contributed by atoms with van der Waals surface area (Å²) in [6.45, 7) is 0.776. The third kappa shape index (κ3) is 3.60. The number of nitrogens with zero attached hydrogens (tertiary/aromatic N) is 3. The molecule has 0 saturated heterocycles. The maximum absolute atomic E-state index is 11.0. The molecule has 0 unspecified atom stereocenters. The molecule has 6 nitrogen and oxygen atoms in total. The second-order valence-corrected chi connectivity index (χ2v) is 5.33. The van der Waals surface area contributed by atoms with Crippen LogP contribution in [-0.2, 0) is 13.0 Å². The highest BCUT2D eigenvalue weighted by atomic mass is 16.5. The van der Waals surface area contributed by atoms with E-state index in [9.17, 15) is 4.79 Å². The molecule has 0 aliphatic rings. The molecule has 0 bridgehead atoms. The van der Waals surface area contributed by atoms with Crippen molar-refractivity contribution in [3.05, 3.63) is 66.2 Å². The number of carboxylic acids is 1. The number of hydrogen-bond donors (Lipinski definition) is 1. The van der Waals surface area contributed by atoms with Crippen molar-refractivity contribution in [3.8, 4) is 17.1 Å². The molecular formula is C18H17N3O3. The lowest BCUT2D eigenvalue weighted by Gasteiger charge is -2.04. The van der Waals surface area contributed by atoms with Crippen molar-refractivity contribution in [1.29, 1.82) is 0 Å². The first-order chi connectivity index (χ1) is 11.7. The number of carboxylic acid groups (broad SMARTS) is 1. The van der Waals surface area contributed by atoms with Crippen LogP contribution in [0.4, 0.5) is 0 Å². The first-order valence-corrected chi connectivity index (χ1v) is 7.50. The number of hydrogen-bond acceptors (Lipinski definition) is 4. The van der Waals surface area contributed by atoms with Gasteiger partial charge in [0.15, 0.2) is 0 Å². The first-order valence-electron chi connectivity index (χ1n) is 7.50. The molecule has 0 aliphatic carbocycles. The summed E-state index contributed by atoms with van der Waals surface area (Å²) < 4.78 is 7.11. The van der Waals surface area contributed by atoms with Crippen molar-refractivity contribution in [2.24, 2.45) is 0 Å². The fraction of sp³-hybridized carbons (Fsp3) is 0.167. The second-order valence-electron chi connectivity index (χ2n) is 5.33. The molecule has 0 atom stereocenters. The van der Waals surface area contributed by atoms with Crippen molar-refractivity contribution in [1.82, 2.24) is 14.5 Å². The number of imidazole rings is 1. The summed E-state index contributed by atoms with van der Waals surface area (Å²) in [5, 5.41) is 9.05. The van der Waals surface area contributed by atoms with Crippen LogP contribution in [0, 0.1) is 0 Å². The van der Waals surface area contributed by atoms with Gasteiger partial charge in [0.1, 0.15) is 11.4 Å². The molecule has 6 heteroatoms. The summed E-state index contributed by atoms with van der Waals surface area (Å²) in [5.74, 6) is -0.134. The molecule has 0 spiro atoms. The summed E-state index contributed by atoms with van der Waals surface area (Å²) >= 11 is 0. The van der Waals surface area contributed by atoms with Gasteiger partial charge >= 0.3 is 5.97 Å². The van der Waals surface area contributed by atoms with E-state index in [0.717, 1.165) is 18.7 Å². The van der Waals surface area contributed by atoms with Crippen molar-refractivity contribution >= 4 is 5.97 Å². The Morgan fingerprint density at radius 3 is 2.67 bits per heavy atom. The van der Waals surface area contributed by atoms with Gasteiger partial charge in [0.25, 0.3) is 0 Å². The van der Waals surface area contributed by atoms with Crippen molar-refractivity contribution in [2.75, 3.05) is 7.11 Å². The molecule has 2 aromatic heterocycles. The highest BCUT2D eigenvalue weighted by Crippen LogP contribution is 2.16. The lowest BCUT2D eigenvalue weighted by molar-refractivity contribution is 0.0697. The maximum atomic E-state index is 11.0. The zero-order valence-corrected chi connectivity index (χ0v) is 13.2. The van der Waals surface area contributed by atoms with E-state index in [2.05, 4.69) is 9.97 Å². The Labute approximate surface area is 139 Å². The van der Waals surface area contributed by atoms with Crippen molar-refractivity contribution in [2.45, 2.75) is 13.0 Å². The van der Waals surface area contributed by atoms with Gasteiger partial charge in [-0.3, -0.25) is 4.98 Å². The molecule has 1 N–H and O–H groups in total. The Bertz CT molecular complexity index is 841. The Hall–Kier alpha value is -3.15. The average molecular weight is 323 g/mol. The summed E-state index contributed by atoms with van der Waals surface area (Å²) in [6.07, 6.45) is 5.95. The number of methoxy groups -OCH3 is 1. The van der Waals surface area contributed by atoms with Crippen LogP contribution in [-0.4, -0.2) is 32.7 Å². The van der Waals surface area contributed by atoms with Gasteiger partial charge in [-0.25, -0.2) is 9.78 Å². The number of pyridine rings is 1. The summed E-state index contributed by atoms with van der Waals surface area (Å²) in [4.78, 5) is 19.5. The van der Waals surface area contributed by atoms with Gasteiger partial charge in [0.05, 0.1) is 24.7 Å². The number of aromatic nitrogens is 3. The highest BCUT2D eigenvalue weighted by molar-refractivity contribution is 5.88. The van der Waals surface area contributed by atoms with Crippen molar-refractivity contribution < 1.29 is 14.6 Å². The van der Waals surface area contributed by atoms with E-state index in [1.807, 2.05) is 35.0 Å². The van der Waals surface area contributed by atoms with Gasteiger partial charge in [0.2, 0.25) is 0 Å². The van der Waals surface area contributed by atoms with Crippen molar-refractivity contribution in [3.63, 3.8) is 0 Å². The molecular weight excluding hydrogens is 306 g/mol. The largest absolute Gasteiger partial charge is 0.497 e. The summed E-state index contributed by atoms with van der Waals surface area (Å²) in [5.41, 5.74) is 2.62. The Kier molecular flexibility index (Phi) is 4.56. The molecule has 0 amide bonds. The molecule has 0 radical (unpaired) electrons. The molecule has 3 aromatic rings. The van der Waals surface area contributed by atoms with Gasteiger partial charge in [-0.15, -0.1) is 0 Å². The van der Waals surface area contributed by atoms with Crippen LogP contribution in [0.1, 0.15) is 15.9 Å². The molecule has 2 heterocycles. The minimum Gasteiger partial charge on any atom is -0.497 e. The number of ether oxygens (including phenoxy) is 1. The number of benzene rings is 1. The van der Waals surface area contributed by atoms with Crippen LogP contribution in [0.5, 0.6) is 5.75 Å². The van der Waals surface area contributed by atoms with E-state index in [4.69, 9.17) is 9.84 Å². The van der Waals surface area contributed by atoms with Gasteiger partial charge < -0.3 is 14.4 Å². The van der Waals surface area contributed by atoms with Crippen LogP contribution in [0.2, 0.25) is 0 Å². The zero-order valence-electron chi connectivity index (χ0n) is 13.2. The number of aromatic carboxylic acids is 1. The number of carbonyl (C=O) groups is 1. The van der Waals surface area contributed by atoms with Crippen LogP contribution < -0.4 is 4.74 Å². The Balaban J connectivity index is 1.69. The minimum absolute atomic E-state index is 0.202. The third-order valence-corrected chi connectivity index (χ3v) is 3.72. The van der Waals surface area contributed by atoms with Crippen LogP contribution in [0.15, 0.2) is 55.1 Å². The Morgan fingerprint density at radius 2 is 1.96 bits per heavy atom. The minimum atomic E-state index is -0.974. The van der Waals surface area contributed by atoms with E-state index in [1.54, 1.807) is 13.4 Å². The normalized spacial score (nSPS) is 10.5. The molecule has 122 valence electrons. The lowest BCUT2D eigenvalue weighted by atomic mass is 10.1. The van der Waals surface area contributed by atoms with E-state index in [-0.39, 0.29) is 5.56 Å². The van der Waals surface area contributed by atoms with Crippen LogP contribution in [0.3, 0.4) is 0 Å². The van der Waals surface area contributed by atoms with Crippen LogP contribution in [0.25, 0.3) is 11.4 Å². The second kappa shape index (κ2) is 6.95. The molecule has 0 aliphatic heterocycles. The molecule has 1 aromatic carbocycles. The number of rotatable bonds is 6. The van der Waals surface area contributed by atoms with E-state index < -0.39 is 5.97 Å². The predicted molar refractivity (Wildman–Crippen MR) is 89.1 cm³/mol. The summed E-state index contributed by atoms with van der Waals surface area (Å²) in [6, 6.07) is 10.9. The van der Waals surface area contributed by atoms with Gasteiger partial charge in [-0.2, -0.15) is 0 Å². The van der Waals surface area contributed by atoms with E-state index >= 15 is 0 Å². The molecule has 3 rings (SSSR count). The third-order valence-electron chi connectivity index (χ3n) is 3.72. The van der Waals surface area contributed by atoms with E-state index in [1.165, 1.54) is 23.9 Å². The quantitative estimate of drug-likeness (QED) is 0.755. The van der Waals surface area contributed by atoms with Gasteiger partial charge in [-0.05, 0) is 36.2 Å². The fourth-order valence-electron chi connectivity index (χ4n) is 2.37. The topological polar surface area (TPSA) is 77.2 Å². The van der Waals surface area contributed by atoms with Crippen LogP contribution >= 0.6 is 0 Å². The molecule has 24 heavy (non-hydrogen) atoms. The number of aryl methyl sites for hydroxylation is 2. The first kappa shape index (κ1) is 15.7. The van der Waals surface area contributed by atoms with Gasteiger partial charge in [-0.1, -0.05) is 12.1 Å². The molecule has 0 saturated carbocycles. The summed E-state index contributed by atoms with van der Waals surface area (Å²) in [7, 11) is 1.65. The lowest BCUT2D eigenvalue weighted by Crippen LogP contribution is -1.99. The monoisotopic (exact) mass is 323 g/mol. The zero-order chi connectivity index (χ0) is 16.9. The molecule has 0 fully saturated rings.